The Hall–Kier alpha value is -3.32. The fraction of sp³-hybridized carbons (Fsp3) is 0.280. The highest BCUT2D eigenvalue weighted by molar-refractivity contribution is 7.09. The van der Waals surface area contributed by atoms with E-state index in [2.05, 4.69) is 44.5 Å². The number of carbonyl (C=O) groups is 1. The first-order valence-corrected chi connectivity index (χ1v) is 11.4. The van der Waals surface area contributed by atoms with E-state index < -0.39 is 0 Å². The summed E-state index contributed by atoms with van der Waals surface area (Å²) in [5.74, 6) is 1.04. The van der Waals surface area contributed by atoms with Crippen molar-refractivity contribution in [3.8, 4) is 21.7 Å². The maximum absolute atomic E-state index is 13.2. The molecule has 3 aromatic heterocycles. The number of aryl methyl sites for hydroxylation is 3. The van der Waals surface area contributed by atoms with E-state index in [0.29, 0.717) is 18.4 Å². The van der Waals surface area contributed by atoms with Gasteiger partial charge in [-0.1, -0.05) is 24.4 Å². The predicted octanol–water partition coefficient (Wildman–Crippen LogP) is 5.61. The molecule has 1 aromatic carbocycles. The van der Waals surface area contributed by atoms with Crippen LogP contribution in [-0.2, 0) is 6.42 Å². The van der Waals surface area contributed by atoms with Crippen molar-refractivity contribution in [1.29, 1.82) is 0 Å². The summed E-state index contributed by atoms with van der Waals surface area (Å²) in [6.07, 6.45) is 6.39. The average Bonchev–Trinajstić information content (AvgIpc) is 3.29. The molecule has 0 saturated heterocycles. The summed E-state index contributed by atoms with van der Waals surface area (Å²) in [7, 11) is 0. The van der Waals surface area contributed by atoms with Crippen molar-refractivity contribution >= 4 is 17.3 Å². The minimum Gasteiger partial charge on any atom is -0.294 e. The molecule has 4 aromatic rings. The number of nitrogens with zero attached hydrogens (tertiary/aromatic N) is 5. The van der Waals surface area contributed by atoms with Crippen molar-refractivity contribution in [2.45, 2.75) is 46.5 Å². The molecule has 0 amide bonds. The van der Waals surface area contributed by atoms with Gasteiger partial charge in [-0.2, -0.15) is 0 Å². The number of ketones is 1. The molecule has 0 unspecified atom stereocenters. The largest absolute Gasteiger partial charge is 0.294 e. The summed E-state index contributed by atoms with van der Waals surface area (Å²) in [5.41, 5.74) is 6.35. The number of pyridine rings is 1. The fourth-order valence-electron chi connectivity index (χ4n) is 3.43. The van der Waals surface area contributed by atoms with Gasteiger partial charge in [0.2, 0.25) is 0 Å². The first-order chi connectivity index (χ1) is 15.4. The molecule has 0 fully saturated rings. The Bertz CT molecular complexity index is 1230. The Morgan fingerprint density at radius 1 is 0.969 bits per heavy atom. The summed E-state index contributed by atoms with van der Waals surface area (Å²) in [4.78, 5) is 27.2. The number of rotatable bonds is 7. The molecule has 3 heterocycles. The second-order valence-corrected chi connectivity index (χ2v) is 8.98. The van der Waals surface area contributed by atoms with Crippen molar-refractivity contribution in [3.05, 3.63) is 77.1 Å². The molecular formula is C25H25N5OS. The molecule has 0 aliphatic carbocycles. The van der Waals surface area contributed by atoms with Gasteiger partial charge >= 0.3 is 0 Å². The highest BCUT2D eigenvalue weighted by atomic mass is 32.1. The lowest BCUT2D eigenvalue weighted by atomic mass is 9.95. The van der Waals surface area contributed by atoms with Gasteiger partial charge in [0.25, 0.3) is 0 Å². The third-order valence-electron chi connectivity index (χ3n) is 5.26. The van der Waals surface area contributed by atoms with E-state index in [4.69, 9.17) is 0 Å². The lowest BCUT2D eigenvalue weighted by Gasteiger charge is -2.11. The summed E-state index contributed by atoms with van der Waals surface area (Å²) in [6.45, 7) is 8.05. The smallest absolute Gasteiger partial charge is 0.163 e. The fourth-order valence-corrected chi connectivity index (χ4v) is 4.24. The minimum atomic E-state index is 0.0735. The number of hydrogen-bond acceptors (Lipinski definition) is 7. The normalized spacial score (nSPS) is 11.2. The Morgan fingerprint density at radius 2 is 1.72 bits per heavy atom. The van der Waals surface area contributed by atoms with Gasteiger partial charge in [0, 0.05) is 36.1 Å². The monoisotopic (exact) mass is 443 g/mol. The maximum Gasteiger partial charge on any atom is 0.163 e. The summed E-state index contributed by atoms with van der Waals surface area (Å²) in [6, 6.07) is 9.97. The average molecular weight is 444 g/mol. The highest BCUT2D eigenvalue weighted by Crippen LogP contribution is 2.34. The predicted molar refractivity (Wildman–Crippen MR) is 127 cm³/mol. The molecule has 0 N–H and O–H groups in total. The zero-order valence-corrected chi connectivity index (χ0v) is 19.5. The van der Waals surface area contributed by atoms with Crippen LogP contribution in [0, 0.1) is 13.8 Å². The Labute approximate surface area is 192 Å². The number of Topliss-reactive ketones (excluding diaryl/α,β-unsaturated/α-hetero) is 1. The third kappa shape index (κ3) is 4.94. The molecular weight excluding hydrogens is 418 g/mol. The van der Waals surface area contributed by atoms with Crippen LogP contribution in [0.15, 0.2) is 48.9 Å². The zero-order valence-electron chi connectivity index (χ0n) is 18.7. The number of benzene rings is 1. The Balaban J connectivity index is 1.71. The van der Waals surface area contributed by atoms with Crippen LogP contribution in [0.4, 0.5) is 0 Å². The molecule has 7 heteroatoms. The van der Waals surface area contributed by atoms with Gasteiger partial charge in [-0.05, 0) is 78.7 Å². The molecule has 6 nitrogen and oxygen atoms in total. The first kappa shape index (κ1) is 21.9. The van der Waals surface area contributed by atoms with Crippen molar-refractivity contribution in [3.63, 3.8) is 0 Å². The number of hydrogen-bond donors (Lipinski definition) is 0. The van der Waals surface area contributed by atoms with Crippen LogP contribution in [0.2, 0.25) is 0 Å². The van der Waals surface area contributed by atoms with Gasteiger partial charge < -0.3 is 0 Å². The molecule has 0 aliphatic heterocycles. The lowest BCUT2D eigenvalue weighted by Crippen LogP contribution is -2.03. The quantitative estimate of drug-likeness (QED) is 0.345. The van der Waals surface area contributed by atoms with Gasteiger partial charge in [-0.25, -0.2) is 9.97 Å². The first-order valence-electron chi connectivity index (χ1n) is 10.6. The SMILES string of the molecule is Cc1ccc(-c2cc(C(=O)CCc3cnc(C)nc3)cc(-c3snnc3C(C)C)c2)nc1. The minimum absolute atomic E-state index is 0.0735. The van der Waals surface area contributed by atoms with Crippen LogP contribution < -0.4 is 0 Å². The molecule has 0 atom stereocenters. The number of carbonyl (C=O) groups excluding carboxylic acids is 1. The summed E-state index contributed by atoms with van der Waals surface area (Å²) >= 11 is 1.36. The van der Waals surface area contributed by atoms with Gasteiger partial charge in [0.1, 0.15) is 5.82 Å². The van der Waals surface area contributed by atoms with Crippen molar-refractivity contribution in [2.75, 3.05) is 0 Å². The zero-order chi connectivity index (χ0) is 22.7. The van der Waals surface area contributed by atoms with Crippen LogP contribution in [-0.4, -0.2) is 30.3 Å². The third-order valence-corrected chi connectivity index (χ3v) is 6.05. The topological polar surface area (TPSA) is 81.5 Å². The number of aromatic nitrogens is 5. The van der Waals surface area contributed by atoms with Crippen LogP contribution in [0.1, 0.15) is 59.2 Å². The molecule has 4 rings (SSSR count). The van der Waals surface area contributed by atoms with Crippen LogP contribution in [0.25, 0.3) is 21.7 Å². The van der Waals surface area contributed by atoms with Gasteiger partial charge in [0.15, 0.2) is 5.78 Å². The lowest BCUT2D eigenvalue weighted by molar-refractivity contribution is 0.0983. The van der Waals surface area contributed by atoms with E-state index in [-0.39, 0.29) is 11.7 Å². The van der Waals surface area contributed by atoms with E-state index >= 15 is 0 Å². The summed E-state index contributed by atoms with van der Waals surface area (Å²) < 4.78 is 4.17. The van der Waals surface area contributed by atoms with Crippen molar-refractivity contribution in [1.82, 2.24) is 24.5 Å². The van der Waals surface area contributed by atoms with Gasteiger partial charge in [-0.15, -0.1) is 5.10 Å². The molecule has 0 bridgehead atoms. The van der Waals surface area contributed by atoms with Gasteiger partial charge in [0.05, 0.1) is 16.3 Å². The van der Waals surface area contributed by atoms with E-state index in [9.17, 15) is 4.79 Å². The molecule has 0 spiro atoms. The standard InChI is InChI=1S/C25H25N5OS/c1-15(2)24-25(32-30-29-24)21-10-19(22-7-5-16(3)12-28-22)9-20(11-21)23(31)8-6-18-13-26-17(4)27-14-18/h5,7,9-15H,6,8H2,1-4H3. The van der Waals surface area contributed by atoms with Crippen molar-refractivity contribution in [2.24, 2.45) is 0 Å². The highest BCUT2D eigenvalue weighted by Gasteiger charge is 2.18. The van der Waals surface area contributed by atoms with Crippen LogP contribution in [0.5, 0.6) is 0 Å². The second kappa shape index (κ2) is 9.44. The van der Waals surface area contributed by atoms with E-state index in [1.54, 1.807) is 12.4 Å². The summed E-state index contributed by atoms with van der Waals surface area (Å²) in [5, 5.41) is 4.32. The van der Waals surface area contributed by atoms with E-state index in [0.717, 1.165) is 44.3 Å². The van der Waals surface area contributed by atoms with E-state index in [1.165, 1.54) is 11.5 Å². The van der Waals surface area contributed by atoms with Gasteiger partial charge in [-0.3, -0.25) is 9.78 Å². The molecule has 32 heavy (non-hydrogen) atoms. The van der Waals surface area contributed by atoms with Crippen LogP contribution >= 0.6 is 11.5 Å². The molecule has 162 valence electrons. The Kier molecular flexibility index (Phi) is 6.46. The maximum atomic E-state index is 13.2. The molecule has 0 aliphatic rings. The molecule has 0 saturated carbocycles. The van der Waals surface area contributed by atoms with E-state index in [1.807, 2.05) is 44.3 Å². The second-order valence-electron chi connectivity index (χ2n) is 8.22. The van der Waals surface area contributed by atoms with Crippen LogP contribution in [0.3, 0.4) is 0 Å². The van der Waals surface area contributed by atoms with Crippen molar-refractivity contribution < 1.29 is 4.79 Å². The molecule has 0 radical (unpaired) electrons. The Morgan fingerprint density at radius 3 is 2.41 bits per heavy atom.